The number of aromatic nitrogens is 2. The Morgan fingerprint density at radius 3 is 2.70 bits per heavy atom. The molecule has 0 fully saturated rings. The Labute approximate surface area is 136 Å². The van der Waals surface area contributed by atoms with Crippen molar-refractivity contribution in [2.75, 3.05) is 11.9 Å². The molecule has 0 radical (unpaired) electrons. The number of nitrogens with one attached hydrogen (secondary N) is 2. The molecule has 124 valence electrons. The van der Waals surface area contributed by atoms with E-state index in [1.54, 1.807) is 17.1 Å². The van der Waals surface area contributed by atoms with Crippen molar-refractivity contribution in [2.45, 2.75) is 32.9 Å². The number of carbonyl (C=O) groups excluding carboxylic acids is 1. The lowest BCUT2D eigenvalue weighted by atomic mass is 10.0. The summed E-state index contributed by atoms with van der Waals surface area (Å²) in [5.41, 5.74) is 1.79. The quantitative estimate of drug-likeness (QED) is 0.734. The molecule has 0 bridgehead atoms. The highest BCUT2D eigenvalue weighted by molar-refractivity contribution is 5.89. The lowest BCUT2D eigenvalue weighted by Crippen LogP contribution is -2.41. The molecule has 0 aliphatic carbocycles. The van der Waals surface area contributed by atoms with Gasteiger partial charge in [0.05, 0.1) is 18.4 Å². The van der Waals surface area contributed by atoms with Gasteiger partial charge in [-0.15, -0.1) is 0 Å². The van der Waals surface area contributed by atoms with Crippen molar-refractivity contribution in [1.29, 1.82) is 0 Å². The topological polar surface area (TPSA) is 79.2 Å². The van der Waals surface area contributed by atoms with Crippen molar-refractivity contribution in [2.24, 2.45) is 5.92 Å². The summed E-state index contributed by atoms with van der Waals surface area (Å²) in [4.78, 5) is 12.0. The Kier molecular flexibility index (Phi) is 6.17. The molecule has 0 saturated carbocycles. The SMILES string of the molecule is CC(C)C(CCO)NC(=O)Nc1cnn(Cc2ccccc2)c1. The van der Waals surface area contributed by atoms with E-state index in [-0.39, 0.29) is 24.6 Å². The van der Waals surface area contributed by atoms with Crippen LogP contribution in [0.2, 0.25) is 0 Å². The van der Waals surface area contributed by atoms with Crippen molar-refractivity contribution >= 4 is 11.7 Å². The average Bonchev–Trinajstić information content (AvgIpc) is 2.94. The second kappa shape index (κ2) is 8.33. The Morgan fingerprint density at radius 1 is 1.30 bits per heavy atom. The van der Waals surface area contributed by atoms with Gasteiger partial charge < -0.3 is 15.7 Å². The Balaban J connectivity index is 1.89. The summed E-state index contributed by atoms with van der Waals surface area (Å²) in [5, 5.41) is 19.0. The molecule has 2 aromatic rings. The molecule has 2 amide bonds. The van der Waals surface area contributed by atoms with Crippen molar-refractivity contribution in [1.82, 2.24) is 15.1 Å². The van der Waals surface area contributed by atoms with Crippen molar-refractivity contribution in [3.8, 4) is 0 Å². The Bertz CT molecular complexity index is 610. The zero-order valence-corrected chi connectivity index (χ0v) is 13.6. The fourth-order valence-electron chi connectivity index (χ4n) is 2.33. The number of anilines is 1. The molecular formula is C17H24N4O2. The third-order valence-electron chi connectivity index (χ3n) is 3.64. The minimum atomic E-state index is -0.281. The van der Waals surface area contributed by atoms with Crippen molar-refractivity contribution < 1.29 is 9.90 Å². The van der Waals surface area contributed by atoms with Crippen LogP contribution in [0.4, 0.5) is 10.5 Å². The number of aliphatic hydroxyl groups is 1. The molecule has 1 unspecified atom stereocenters. The molecule has 23 heavy (non-hydrogen) atoms. The van der Waals surface area contributed by atoms with Crippen LogP contribution in [0, 0.1) is 5.92 Å². The number of urea groups is 1. The van der Waals surface area contributed by atoms with Gasteiger partial charge in [0.25, 0.3) is 0 Å². The number of carbonyl (C=O) groups is 1. The second-order valence-electron chi connectivity index (χ2n) is 5.87. The highest BCUT2D eigenvalue weighted by Crippen LogP contribution is 2.09. The standard InChI is InChI=1S/C17H24N4O2/c1-13(2)16(8-9-22)20-17(23)19-15-10-18-21(12-15)11-14-6-4-3-5-7-14/h3-7,10,12-13,16,22H,8-9,11H2,1-2H3,(H2,19,20,23). The second-order valence-corrected chi connectivity index (χ2v) is 5.87. The van der Waals surface area contributed by atoms with Gasteiger partial charge >= 0.3 is 6.03 Å². The lowest BCUT2D eigenvalue weighted by molar-refractivity contribution is 0.227. The number of hydrogen-bond donors (Lipinski definition) is 3. The molecule has 6 nitrogen and oxygen atoms in total. The number of nitrogens with zero attached hydrogens (tertiary/aromatic N) is 2. The van der Waals surface area contributed by atoms with Crippen LogP contribution in [0.1, 0.15) is 25.8 Å². The van der Waals surface area contributed by atoms with E-state index in [9.17, 15) is 4.79 Å². The maximum Gasteiger partial charge on any atom is 0.319 e. The zero-order chi connectivity index (χ0) is 16.7. The molecule has 0 spiro atoms. The first-order valence-corrected chi connectivity index (χ1v) is 7.83. The van der Waals surface area contributed by atoms with Gasteiger partial charge in [0.2, 0.25) is 0 Å². The molecule has 1 aromatic heterocycles. The zero-order valence-electron chi connectivity index (χ0n) is 13.6. The van der Waals surface area contributed by atoms with E-state index < -0.39 is 0 Å². The molecule has 0 saturated heterocycles. The van der Waals surface area contributed by atoms with Crippen LogP contribution < -0.4 is 10.6 Å². The molecule has 1 heterocycles. The van der Waals surface area contributed by atoms with Crippen LogP contribution in [-0.2, 0) is 6.54 Å². The molecule has 6 heteroatoms. The number of hydrogen-bond acceptors (Lipinski definition) is 3. The maximum absolute atomic E-state index is 12.0. The molecule has 2 rings (SSSR count). The molecular weight excluding hydrogens is 292 g/mol. The third-order valence-corrected chi connectivity index (χ3v) is 3.64. The van der Waals surface area contributed by atoms with Crippen LogP contribution >= 0.6 is 0 Å². The molecule has 3 N–H and O–H groups in total. The van der Waals surface area contributed by atoms with Crippen LogP contribution in [0.25, 0.3) is 0 Å². The summed E-state index contributed by atoms with van der Waals surface area (Å²) in [5.74, 6) is 0.258. The normalized spacial score (nSPS) is 12.2. The van der Waals surface area contributed by atoms with Gasteiger partial charge in [-0.2, -0.15) is 5.10 Å². The number of rotatable bonds is 7. The highest BCUT2D eigenvalue weighted by atomic mass is 16.3. The predicted octanol–water partition coefficient (Wildman–Crippen LogP) is 2.46. The van der Waals surface area contributed by atoms with Crippen LogP contribution in [0.3, 0.4) is 0 Å². The summed E-state index contributed by atoms with van der Waals surface area (Å²) >= 11 is 0. The smallest absolute Gasteiger partial charge is 0.319 e. The van der Waals surface area contributed by atoms with E-state index >= 15 is 0 Å². The average molecular weight is 316 g/mol. The summed E-state index contributed by atoms with van der Waals surface area (Å²) in [6, 6.07) is 9.67. The van der Waals surface area contributed by atoms with Crippen molar-refractivity contribution in [3.63, 3.8) is 0 Å². The molecule has 1 atom stereocenters. The minimum Gasteiger partial charge on any atom is -0.396 e. The van der Waals surface area contributed by atoms with E-state index in [1.807, 2.05) is 44.2 Å². The summed E-state index contributed by atoms with van der Waals surface area (Å²) in [6.07, 6.45) is 3.96. The fraction of sp³-hybridized carbons (Fsp3) is 0.412. The number of amides is 2. The first-order valence-electron chi connectivity index (χ1n) is 7.83. The minimum absolute atomic E-state index is 0.0537. The van der Waals surface area contributed by atoms with Gasteiger partial charge in [-0.3, -0.25) is 4.68 Å². The van der Waals surface area contributed by atoms with Gasteiger partial charge in [-0.05, 0) is 17.9 Å². The van der Waals surface area contributed by atoms with Crippen LogP contribution in [-0.4, -0.2) is 33.6 Å². The lowest BCUT2D eigenvalue weighted by Gasteiger charge is -2.21. The first-order chi connectivity index (χ1) is 11.1. The molecule has 0 aliphatic heterocycles. The Hall–Kier alpha value is -2.34. The Morgan fingerprint density at radius 2 is 2.04 bits per heavy atom. The van der Waals surface area contributed by atoms with E-state index in [0.717, 1.165) is 5.56 Å². The summed E-state index contributed by atoms with van der Waals surface area (Å²) in [6.45, 7) is 4.73. The van der Waals surface area contributed by atoms with Crippen LogP contribution in [0.15, 0.2) is 42.7 Å². The molecule has 0 aliphatic rings. The van der Waals surface area contributed by atoms with Gasteiger partial charge in [-0.1, -0.05) is 44.2 Å². The molecule has 1 aromatic carbocycles. The largest absolute Gasteiger partial charge is 0.396 e. The fourth-order valence-corrected chi connectivity index (χ4v) is 2.33. The van der Waals surface area contributed by atoms with Gasteiger partial charge in [0.15, 0.2) is 0 Å². The van der Waals surface area contributed by atoms with E-state index in [4.69, 9.17) is 5.11 Å². The van der Waals surface area contributed by atoms with E-state index in [2.05, 4.69) is 15.7 Å². The monoisotopic (exact) mass is 316 g/mol. The van der Waals surface area contributed by atoms with Crippen LogP contribution in [0.5, 0.6) is 0 Å². The van der Waals surface area contributed by atoms with Gasteiger partial charge in [0, 0.05) is 18.8 Å². The van der Waals surface area contributed by atoms with Gasteiger partial charge in [0.1, 0.15) is 0 Å². The number of benzene rings is 1. The summed E-state index contributed by atoms with van der Waals surface area (Å²) < 4.78 is 1.78. The van der Waals surface area contributed by atoms with E-state index in [0.29, 0.717) is 18.7 Å². The highest BCUT2D eigenvalue weighted by Gasteiger charge is 2.15. The maximum atomic E-state index is 12.0. The first kappa shape index (κ1) is 17.0. The van der Waals surface area contributed by atoms with Crippen molar-refractivity contribution in [3.05, 3.63) is 48.3 Å². The summed E-state index contributed by atoms with van der Waals surface area (Å²) in [7, 11) is 0. The van der Waals surface area contributed by atoms with E-state index in [1.165, 1.54) is 0 Å². The van der Waals surface area contributed by atoms with Gasteiger partial charge in [-0.25, -0.2) is 4.79 Å². The predicted molar refractivity (Wildman–Crippen MR) is 90.3 cm³/mol. The number of aliphatic hydroxyl groups excluding tert-OH is 1. The third kappa shape index (κ3) is 5.41.